The van der Waals surface area contributed by atoms with E-state index in [2.05, 4.69) is 10.2 Å². The monoisotopic (exact) mass is 334 g/mol. The molecule has 132 valence electrons. The fraction of sp³-hybridized carbons (Fsp3) is 0.647. The summed E-state index contributed by atoms with van der Waals surface area (Å²) in [5.41, 5.74) is -0.449. The lowest BCUT2D eigenvalue weighted by Gasteiger charge is -2.35. The van der Waals surface area contributed by atoms with Gasteiger partial charge in [0.25, 0.3) is 0 Å². The van der Waals surface area contributed by atoms with Crippen LogP contribution in [-0.4, -0.2) is 60.8 Å². The summed E-state index contributed by atoms with van der Waals surface area (Å²) in [6.45, 7) is 11.1. The molecule has 1 aromatic rings. The summed E-state index contributed by atoms with van der Waals surface area (Å²) in [7, 11) is 0. The number of hydrogen-bond donors (Lipinski definition) is 1. The molecule has 0 spiro atoms. The molecule has 1 N–H and O–H groups in total. The lowest BCUT2D eigenvalue weighted by molar-refractivity contribution is 0.0146. The van der Waals surface area contributed by atoms with Crippen molar-refractivity contribution in [3.05, 3.63) is 23.7 Å². The van der Waals surface area contributed by atoms with Gasteiger partial charge in [0, 0.05) is 39.3 Å². The molecule has 0 atom stereocenters. The van der Waals surface area contributed by atoms with Crippen molar-refractivity contribution < 1.29 is 13.9 Å². The van der Waals surface area contributed by atoms with Crippen LogP contribution in [-0.2, 0) is 11.3 Å². The molecule has 24 heavy (non-hydrogen) atoms. The van der Waals surface area contributed by atoms with E-state index >= 15 is 0 Å². The normalized spacial score (nSPS) is 16.0. The Balaban J connectivity index is 1.61. The minimum atomic E-state index is -0.449. The second-order valence-electron chi connectivity index (χ2n) is 6.86. The molecule has 1 aliphatic heterocycles. The largest absolute Gasteiger partial charge is 0.449 e. The number of ether oxygens (including phenoxy) is 1. The van der Waals surface area contributed by atoms with Crippen LogP contribution in [0.2, 0.25) is 0 Å². The van der Waals surface area contributed by atoms with E-state index in [1.165, 1.54) is 0 Å². The first-order valence-corrected chi connectivity index (χ1v) is 8.27. The van der Waals surface area contributed by atoms with Crippen LogP contribution >= 0.6 is 0 Å². The highest BCUT2D eigenvalue weighted by Gasteiger charge is 2.25. The Hall–Kier alpha value is -2.04. The summed E-state index contributed by atoms with van der Waals surface area (Å²) in [6.07, 6.45) is -0.230. The Morgan fingerprint density at radius 2 is 2.04 bits per heavy atom. The maximum atomic E-state index is 12.0. The molecule has 7 heteroatoms. The molecule has 0 aliphatic carbocycles. The van der Waals surface area contributed by atoms with Crippen LogP contribution in [0, 0.1) is 11.3 Å². The van der Waals surface area contributed by atoms with Crippen LogP contribution in [0.5, 0.6) is 0 Å². The summed E-state index contributed by atoms with van der Waals surface area (Å²) >= 11 is 0. The minimum Gasteiger partial charge on any atom is -0.449 e. The fourth-order valence-electron chi connectivity index (χ4n) is 2.46. The second-order valence-corrected chi connectivity index (χ2v) is 6.86. The van der Waals surface area contributed by atoms with Crippen molar-refractivity contribution in [1.82, 2.24) is 15.1 Å². The zero-order valence-electron chi connectivity index (χ0n) is 14.7. The standard InChI is InChI=1S/C17H26N4O3/c1-17(2,3)24-16(22)21-10-8-20(9-11-21)7-6-19-13-15-5-4-14(12-18)23-15/h4-5,19H,6-11,13H2,1-3H3. The molecule has 1 saturated heterocycles. The van der Waals surface area contributed by atoms with Crippen LogP contribution in [0.1, 0.15) is 32.3 Å². The van der Waals surface area contributed by atoms with Crippen molar-refractivity contribution in [3.63, 3.8) is 0 Å². The highest BCUT2D eigenvalue weighted by Crippen LogP contribution is 2.11. The van der Waals surface area contributed by atoms with Crippen molar-refractivity contribution in [3.8, 4) is 6.07 Å². The van der Waals surface area contributed by atoms with E-state index in [-0.39, 0.29) is 6.09 Å². The predicted octanol–water partition coefficient (Wildman–Crippen LogP) is 1.79. The number of nitrogens with zero attached hydrogens (tertiary/aromatic N) is 3. The van der Waals surface area contributed by atoms with Gasteiger partial charge in [0.15, 0.2) is 0 Å². The molecule has 0 unspecified atom stereocenters. The van der Waals surface area contributed by atoms with Crippen molar-refractivity contribution in [2.45, 2.75) is 32.9 Å². The Bertz CT molecular complexity index is 577. The van der Waals surface area contributed by atoms with Gasteiger partial charge in [0.1, 0.15) is 17.4 Å². The molecule has 1 fully saturated rings. The van der Waals surface area contributed by atoms with Gasteiger partial charge in [0.2, 0.25) is 5.76 Å². The van der Waals surface area contributed by atoms with Gasteiger partial charge >= 0.3 is 6.09 Å². The number of piperazine rings is 1. The molecule has 2 heterocycles. The highest BCUT2D eigenvalue weighted by molar-refractivity contribution is 5.68. The molecule has 1 aromatic heterocycles. The molecule has 7 nitrogen and oxygen atoms in total. The summed E-state index contributed by atoms with van der Waals surface area (Å²) < 4.78 is 10.7. The third kappa shape index (κ3) is 5.87. The zero-order valence-corrected chi connectivity index (χ0v) is 14.7. The number of furan rings is 1. The van der Waals surface area contributed by atoms with Gasteiger partial charge in [-0.05, 0) is 32.9 Å². The van der Waals surface area contributed by atoms with E-state index in [9.17, 15) is 4.79 Å². The zero-order chi connectivity index (χ0) is 17.6. The highest BCUT2D eigenvalue weighted by atomic mass is 16.6. The third-order valence-corrected chi connectivity index (χ3v) is 3.70. The lowest BCUT2D eigenvalue weighted by Crippen LogP contribution is -2.51. The first-order chi connectivity index (χ1) is 11.4. The van der Waals surface area contributed by atoms with E-state index in [0.29, 0.717) is 25.4 Å². The lowest BCUT2D eigenvalue weighted by atomic mass is 10.2. The molecule has 0 radical (unpaired) electrons. The van der Waals surface area contributed by atoms with Crippen molar-refractivity contribution in [2.24, 2.45) is 0 Å². The van der Waals surface area contributed by atoms with Crippen LogP contribution in [0.4, 0.5) is 4.79 Å². The van der Waals surface area contributed by atoms with E-state index in [1.807, 2.05) is 32.9 Å². The smallest absolute Gasteiger partial charge is 0.410 e. The number of nitriles is 1. The number of carbonyl (C=O) groups is 1. The summed E-state index contributed by atoms with van der Waals surface area (Å²) in [6, 6.07) is 5.46. The molecule has 0 saturated carbocycles. The van der Waals surface area contributed by atoms with Gasteiger partial charge in [-0.1, -0.05) is 0 Å². The number of rotatable bonds is 5. The fourth-order valence-corrected chi connectivity index (χ4v) is 2.46. The third-order valence-electron chi connectivity index (χ3n) is 3.70. The van der Waals surface area contributed by atoms with E-state index < -0.39 is 5.60 Å². The molecule has 0 aromatic carbocycles. The van der Waals surface area contributed by atoms with Gasteiger partial charge in [-0.3, -0.25) is 4.90 Å². The second kappa shape index (κ2) is 8.18. The maximum absolute atomic E-state index is 12.0. The average molecular weight is 334 g/mol. The van der Waals surface area contributed by atoms with Gasteiger partial charge in [-0.25, -0.2) is 4.79 Å². The molecule has 1 amide bonds. The van der Waals surface area contributed by atoms with Crippen molar-refractivity contribution >= 4 is 6.09 Å². The SMILES string of the molecule is CC(C)(C)OC(=O)N1CCN(CCNCc2ccc(C#N)o2)CC1. The topological polar surface area (TPSA) is 81.7 Å². The Labute approximate surface area is 143 Å². The number of amides is 1. The van der Waals surface area contributed by atoms with Crippen molar-refractivity contribution in [2.75, 3.05) is 39.3 Å². The summed E-state index contributed by atoms with van der Waals surface area (Å²) in [5, 5.41) is 12.0. The molecule has 1 aliphatic rings. The Morgan fingerprint density at radius 3 is 2.62 bits per heavy atom. The van der Waals surface area contributed by atoms with Crippen LogP contribution in [0.15, 0.2) is 16.5 Å². The Kier molecular flexibility index (Phi) is 6.23. The number of carbonyl (C=O) groups excluding carboxylic acids is 1. The van der Waals surface area contributed by atoms with Gasteiger partial charge in [-0.15, -0.1) is 0 Å². The van der Waals surface area contributed by atoms with Crippen LogP contribution in [0.3, 0.4) is 0 Å². The van der Waals surface area contributed by atoms with Gasteiger partial charge in [0.05, 0.1) is 6.54 Å². The maximum Gasteiger partial charge on any atom is 0.410 e. The van der Waals surface area contributed by atoms with Crippen molar-refractivity contribution in [1.29, 1.82) is 5.26 Å². The first-order valence-electron chi connectivity index (χ1n) is 8.27. The van der Waals surface area contributed by atoms with Crippen LogP contribution < -0.4 is 5.32 Å². The molecular weight excluding hydrogens is 308 g/mol. The van der Waals surface area contributed by atoms with E-state index in [4.69, 9.17) is 14.4 Å². The minimum absolute atomic E-state index is 0.230. The first kappa shape index (κ1) is 18.3. The van der Waals surface area contributed by atoms with E-state index in [0.717, 1.165) is 31.9 Å². The average Bonchev–Trinajstić information content (AvgIpc) is 2.98. The van der Waals surface area contributed by atoms with Gasteiger partial charge < -0.3 is 19.4 Å². The molecule has 0 bridgehead atoms. The number of hydrogen-bond acceptors (Lipinski definition) is 6. The summed E-state index contributed by atoms with van der Waals surface area (Å²) in [4.78, 5) is 16.1. The number of nitrogens with one attached hydrogen (secondary N) is 1. The quantitative estimate of drug-likeness (QED) is 0.827. The Morgan fingerprint density at radius 1 is 1.33 bits per heavy atom. The molecular formula is C17H26N4O3. The van der Waals surface area contributed by atoms with E-state index in [1.54, 1.807) is 11.0 Å². The van der Waals surface area contributed by atoms with Gasteiger partial charge in [-0.2, -0.15) is 5.26 Å². The van der Waals surface area contributed by atoms with Crippen LogP contribution in [0.25, 0.3) is 0 Å². The molecule has 2 rings (SSSR count). The predicted molar refractivity (Wildman–Crippen MR) is 89.4 cm³/mol. The summed E-state index contributed by atoms with van der Waals surface area (Å²) in [5.74, 6) is 1.10.